The highest BCUT2D eigenvalue weighted by Crippen LogP contribution is 2.34. The van der Waals surface area contributed by atoms with Crippen molar-refractivity contribution in [1.82, 2.24) is 9.21 Å². The number of sulfonamides is 1. The number of carbonyl (C=O) groups excluding carboxylic acids is 1. The summed E-state index contributed by atoms with van der Waals surface area (Å²) >= 11 is 0. The number of hydrogen-bond acceptors (Lipinski definition) is 6. The molecule has 9 nitrogen and oxygen atoms in total. The third-order valence-corrected chi connectivity index (χ3v) is 7.94. The van der Waals surface area contributed by atoms with Crippen LogP contribution in [-0.2, 0) is 10.0 Å². The van der Waals surface area contributed by atoms with Crippen molar-refractivity contribution in [2.75, 3.05) is 32.1 Å². The van der Waals surface area contributed by atoms with Crippen LogP contribution in [0.3, 0.4) is 0 Å². The highest BCUT2D eigenvalue weighted by Gasteiger charge is 2.38. The monoisotopic (exact) mass is 515 g/mol. The van der Waals surface area contributed by atoms with Crippen LogP contribution in [0.15, 0.2) is 53.4 Å². The lowest BCUT2D eigenvalue weighted by atomic mass is 10.0. The topological polar surface area (TPSA) is 119 Å². The van der Waals surface area contributed by atoms with Gasteiger partial charge in [-0.05, 0) is 44.2 Å². The number of benzene rings is 2. The molecule has 0 fully saturated rings. The predicted molar refractivity (Wildman–Crippen MR) is 137 cm³/mol. The Kier molecular flexibility index (Phi) is 8.98. The van der Waals surface area contributed by atoms with Crippen molar-refractivity contribution in [3.8, 4) is 17.6 Å². The number of nitrogens with one attached hydrogen (secondary N) is 1. The lowest BCUT2D eigenvalue weighted by molar-refractivity contribution is 0.0830. The molecule has 3 rings (SSSR count). The van der Waals surface area contributed by atoms with E-state index in [1.165, 1.54) is 28.3 Å². The number of ether oxygens (including phenoxy) is 1. The second-order valence-electron chi connectivity index (χ2n) is 9.02. The van der Waals surface area contributed by atoms with E-state index in [4.69, 9.17) is 4.74 Å². The average Bonchev–Trinajstić information content (AvgIpc) is 2.84. The fourth-order valence-electron chi connectivity index (χ4n) is 3.80. The molecule has 0 saturated heterocycles. The fraction of sp³-hybridized carbons (Fsp3) is 0.423. The first-order valence-electron chi connectivity index (χ1n) is 11.7. The number of para-hydroxylation sites is 1. The Balaban J connectivity index is 1.96. The molecule has 10 heteroatoms. The van der Waals surface area contributed by atoms with Gasteiger partial charge in [-0.3, -0.25) is 0 Å². The number of rotatable bonds is 5. The van der Waals surface area contributed by atoms with E-state index in [-0.39, 0.29) is 42.3 Å². The molecule has 4 atom stereocenters. The van der Waals surface area contributed by atoms with Gasteiger partial charge >= 0.3 is 6.03 Å². The predicted octanol–water partition coefficient (Wildman–Crippen LogP) is 2.35. The van der Waals surface area contributed by atoms with Gasteiger partial charge in [0.25, 0.3) is 0 Å². The van der Waals surface area contributed by atoms with E-state index in [0.29, 0.717) is 11.3 Å². The highest BCUT2D eigenvalue weighted by molar-refractivity contribution is 7.89. The number of aliphatic hydroxyl groups is 2. The Hall–Kier alpha value is -3.10. The molecular weight excluding hydrogens is 482 g/mol. The van der Waals surface area contributed by atoms with E-state index >= 15 is 0 Å². The first-order chi connectivity index (χ1) is 17.0. The second-order valence-corrected chi connectivity index (χ2v) is 10.9. The van der Waals surface area contributed by atoms with Gasteiger partial charge < -0.3 is 25.2 Å². The number of nitrogens with zero attached hydrogens (tertiary/aromatic N) is 2. The van der Waals surface area contributed by atoms with Crippen molar-refractivity contribution >= 4 is 21.7 Å². The van der Waals surface area contributed by atoms with Gasteiger partial charge in [-0.1, -0.05) is 37.0 Å². The van der Waals surface area contributed by atoms with Gasteiger partial charge in [0.2, 0.25) is 10.0 Å². The zero-order chi connectivity index (χ0) is 26.5. The molecule has 2 amide bonds. The van der Waals surface area contributed by atoms with Gasteiger partial charge in [0, 0.05) is 36.8 Å². The molecule has 0 unspecified atom stereocenters. The van der Waals surface area contributed by atoms with E-state index in [1.807, 2.05) is 25.1 Å². The zero-order valence-corrected chi connectivity index (χ0v) is 21.7. The van der Waals surface area contributed by atoms with Gasteiger partial charge in [-0.2, -0.15) is 4.31 Å². The molecule has 194 valence electrons. The van der Waals surface area contributed by atoms with Gasteiger partial charge in [-0.15, -0.1) is 0 Å². The van der Waals surface area contributed by atoms with Crippen LogP contribution in [0.5, 0.6) is 5.75 Å². The van der Waals surface area contributed by atoms with Gasteiger partial charge in [0.1, 0.15) is 22.9 Å². The van der Waals surface area contributed by atoms with Crippen LogP contribution in [0, 0.1) is 17.8 Å². The summed E-state index contributed by atoms with van der Waals surface area (Å²) < 4.78 is 34.6. The average molecular weight is 516 g/mol. The lowest BCUT2D eigenvalue weighted by Gasteiger charge is -2.37. The molecule has 0 aliphatic carbocycles. The van der Waals surface area contributed by atoms with Crippen LogP contribution < -0.4 is 10.1 Å². The number of urea groups is 1. The first-order valence-corrected chi connectivity index (χ1v) is 13.2. The van der Waals surface area contributed by atoms with Crippen molar-refractivity contribution in [2.24, 2.45) is 5.92 Å². The minimum atomic E-state index is -3.99. The Morgan fingerprint density at radius 3 is 2.58 bits per heavy atom. The summed E-state index contributed by atoms with van der Waals surface area (Å²) in [6.45, 7) is 4.97. The van der Waals surface area contributed by atoms with Crippen LogP contribution in [0.4, 0.5) is 10.5 Å². The molecule has 1 aliphatic heterocycles. The first kappa shape index (κ1) is 27.5. The number of fused-ring (bicyclic) bond motifs is 1. The third kappa shape index (κ3) is 6.56. The van der Waals surface area contributed by atoms with Crippen molar-refractivity contribution in [3.63, 3.8) is 0 Å². The number of aliphatic hydroxyl groups excluding tert-OH is 2. The number of likely N-dealkylation sites (N-methyl/N-ethyl adjacent to an activating group) is 1. The van der Waals surface area contributed by atoms with Gasteiger partial charge in [0.05, 0.1) is 13.2 Å². The number of anilines is 1. The van der Waals surface area contributed by atoms with Crippen molar-refractivity contribution < 1.29 is 28.2 Å². The fourth-order valence-corrected chi connectivity index (χ4v) is 5.63. The van der Waals surface area contributed by atoms with Crippen LogP contribution >= 0.6 is 0 Å². The number of carbonyl (C=O) groups is 1. The normalized spacial score (nSPS) is 20.8. The quantitative estimate of drug-likeness (QED) is 0.526. The van der Waals surface area contributed by atoms with E-state index < -0.39 is 28.3 Å². The van der Waals surface area contributed by atoms with Crippen molar-refractivity contribution in [3.05, 3.63) is 54.1 Å². The summed E-state index contributed by atoms with van der Waals surface area (Å²) in [7, 11) is -2.34. The van der Waals surface area contributed by atoms with Crippen LogP contribution in [0.1, 0.15) is 26.3 Å². The summed E-state index contributed by atoms with van der Waals surface area (Å²) in [6, 6.07) is 12.6. The molecule has 3 N–H and O–H groups in total. The third-order valence-electron chi connectivity index (χ3n) is 5.92. The molecule has 36 heavy (non-hydrogen) atoms. The van der Waals surface area contributed by atoms with E-state index in [2.05, 4.69) is 17.2 Å². The standard InChI is InChI=1S/C26H33N3O6S/c1-18-15-29(19(2)17-30)36(33,34)25-13-12-21(11-10-20(3)31)14-23(25)35-24(18)16-28(4)26(32)27-22-8-6-5-7-9-22/h5-9,12-14,18-20,24,30-31H,15-17H2,1-4H3,(H,27,32)/t18-,19+,20+,24+/m1/s1. The SMILES string of the molecule is C[C@H](O)C#Cc1ccc2c(c1)O[C@@H](CN(C)C(=O)Nc1ccccc1)[C@H](C)CN([C@@H](C)CO)S2(=O)=O. The molecule has 0 bridgehead atoms. The Morgan fingerprint density at radius 1 is 1.25 bits per heavy atom. The lowest BCUT2D eigenvalue weighted by Crippen LogP contribution is -2.50. The Morgan fingerprint density at radius 2 is 1.94 bits per heavy atom. The smallest absolute Gasteiger partial charge is 0.321 e. The molecule has 0 radical (unpaired) electrons. The Bertz CT molecular complexity index is 1220. The second kappa shape index (κ2) is 11.8. The molecule has 0 saturated carbocycles. The minimum absolute atomic E-state index is 0.0429. The summed E-state index contributed by atoms with van der Waals surface area (Å²) in [4.78, 5) is 14.2. The number of amides is 2. The van der Waals surface area contributed by atoms with E-state index in [1.54, 1.807) is 32.2 Å². The maximum atomic E-state index is 13.5. The summed E-state index contributed by atoms with van der Waals surface area (Å²) in [6.07, 6.45) is -1.40. The molecule has 1 heterocycles. The molecule has 2 aromatic carbocycles. The van der Waals surface area contributed by atoms with Gasteiger partial charge in [0.15, 0.2) is 0 Å². The van der Waals surface area contributed by atoms with Gasteiger partial charge in [-0.25, -0.2) is 13.2 Å². The minimum Gasteiger partial charge on any atom is -0.487 e. The maximum Gasteiger partial charge on any atom is 0.321 e. The molecular formula is C26H33N3O6S. The zero-order valence-electron chi connectivity index (χ0n) is 20.9. The van der Waals surface area contributed by atoms with Crippen molar-refractivity contribution in [2.45, 2.75) is 43.9 Å². The molecule has 1 aliphatic rings. The maximum absolute atomic E-state index is 13.5. The van der Waals surface area contributed by atoms with E-state index in [9.17, 15) is 23.4 Å². The van der Waals surface area contributed by atoms with E-state index in [0.717, 1.165) is 0 Å². The largest absolute Gasteiger partial charge is 0.487 e. The van der Waals surface area contributed by atoms with Crippen LogP contribution in [0.2, 0.25) is 0 Å². The van der Waals surface area contributed by atoms with Crippen molar-refractivity contribution in [1.29, 1.82) is 0 Å². The molecule has 2 aromatic rings. The summed E-state index contributed by atoms with van der Waals surface area (Å²) in [5.41, 5.74) is 1.13. The summed E-state index contributed by atoms with van der Waals surface area (Å²) in [5.74, 6) is 5.24. The molecule has 0 spiro atoms. The molecule has 0 aromatic heterocycles. The highest BCUT2D eigenvalue weighted by atomic mass is 32.2. The van der Waals surface area contributed by atoms with Crippen LogP contribution in [-0.4, -0.2) is 78.9 Å². The van der Waals surface area contributed by atoms with Crippen LogP contribution in [0.25, 0.3) is 0 Å². The summed E-state index contributed by atoms with van der Waals surface area (Å²) in [5, 5.41) is 22.1. The Labute approximate surface area is 212 Å². The number of hydrogen-bond donors (Lipinski definition) is 3.